The normalized spacial score (nSPS) is 11.7. The van der Waals surface area contributed by atoms with Gasteiger partial charge in [0.1, 0.15) is 11.5 Å². The summed E-state index contributed by atoms with van der Waals surface area (Å²) in [6.45, 7) is 0. The maximum Gasteiger partial charge on any atom is 0.135 e. The lowest BCUT2D eigenvalue weighted by Gasteiger charge is -2.22. The van der Waals surface area contributed by atoms with Gasteiger partial charge in [0.25, 0.3) is 0 Å². The third-order valence-electron chi connectivity index (χ3n) is 7.77. The monoisotopic (exact) mass is 528 g/mol. The average molecular weight is 529 g/mol. The Morgan fingerprint density at radius 2 is 0.950 bits per heavy atom. The average Bonchev–Trinajstić information content (AvgIpc) is 3.52. The van der Waals surface area contributed by atoms with Crippen LogP contribution in [0.15, 0.2) is 146 Å². The van der Waals surface area contributed by atoms with Crippen molar-refractivity contribution >= 4 is 22.1 Å². The second-order valence-electron chi connectivity index (χ2n) is 10.1. The Balaban J connectivity index is 1.10. The molecule has 2 heteroatoms. The van der Waals surface area contributed by atoms with Gasteiger partial charge in [0.2, 0.25) is 0 Å². The predicted molar refractivity (Wildman–Crippen MR) is 169 cm³/mol. The van der Waals surface area contributed by atoms with Crippen LogP contribution in [0.2, 0.25) is 0 Å². The molecule has 0 saturated carbocycles. The minimum atomic E-state index is 0.921. The van der Waals surface area contributed by atoms with E-state index in [1.165, 1.54) is 59.5 Å². The second kappa shape index (κ2) is 9.37. The molecule has 6 aromatic carbocycles. The molecule has 0 amide bonds. The van der Waals surface area contributed by atoms with Crippen molar-refractivity contribution in [3.05, 3.63) is 146 Å². The zero-order chi connectivity index (χ0) is 26.5. The van der Waals surface area contributed by atoms with Crippen LogP contribution in [-0.4, -0.2) is 0 Å². The summed E-state index contributed by atoms with van der Waals surface area (Å²) in [6, 6.07) is 51.9. The van der Waals surface area contributed by atoms with E-state index in [0.29, 0.717) is 0 Å². The molecule has 1 aliphatic rings. The van der Waals surface area contributed by atoms with E-state index >= 15 is 0 Å². The summed E-state index contributed by atoms with van der Waals surface area (Å²) in [4.78, 5) is 2.53. The molecular formula is C38H24OS. The van der Waals surface area contributed by atoms with Crippen LogP contribution >= 0.6 is 11.3 Å². The SMILES string of the molecule is c1ccc(-c2ccc(-c3ccc(-c4ccc(-c5ccc6c7c(cccc57)-c5ccccc5O6)s4)cc3)cc2)cc1. The molecule has 2 heterocycles. The summed E-state index contributed by atoms with van der Waals surface area (Å²) in [5.41, 5.74) is 9.80. The molecule has 188 valence electrons. The summed E-state index contributed by atoms with van der Waals surface area (Å²) >= 11 is 1.84. The van der Waals surface area contributed by atoms with Crippen LogP contribution in [0.4, 0.5) is 0 Å². The van der Waals surface area contributed by atoms with E-state index in [2.05, 4.69) is 133 Å². The van der Waals surface area contributed by atoms with Crippen molar-refractivity contribution in [2.45, 2.75) is 0 Å². The molecule has 1 nitrogen and oxygen atoms in total. The first-order valence-corrected chi connectivity index (χ1v) is 14.3. The van der Waals surface area contributed by atoms with Gasteiger partial charge >= 0.3 is 0 Å². The van der Waals surface area contributed by atoms with Crippen molar-refractivity contribution < 1.29 is 4.74 Å². The van der Waals surface area contributed by atoms with Gasteiger partial charge in [0.15, 0.2) is 0 Å². The highest BCUT2D eigenvalue weighted by molar-refractivity contribution is 7.18. The number of ether oxygens (including phenoxy) is 1. The van der Waals surface area contributed by atoms with E-state index in [1.807, 2.05) is 23.5 Å². The Bertz CT molecular complexity index is 2000. The van der Waals surface area contributed by atoms with E-state index in [4.69, 9.17) is 4.74 Å². The third-order valence-corrected chi connectivity index (χ3v) is 8.93. The van der Waals surface area contributed by atoms with Gasteiger partial charge in [-0.2, -0.15) is 0 Å². The summed E-state index contributed by atoms with van der Waals surface area (Å²) < 4.78 is 6.29. The first-order chi connectivity index (χ1) is 19.8. The molecule has 40 heavy (non-hydrogen) atoms. The van der Waals surface area contributed by atoms with Gasteiger partial charge in [0.05, 0.1) is 0 Å². The lowest BCUT2D eigenvalue weighted by molar-refractivity contribution is 0.487. The van der Waals surface area contributed by atoms with Crippen LogP contribution < -0.4 is 4.74 Å². The fourth-order valence-electron chi connectivity index (χ4n) is 5.75. The van der Waals surface area contributed by atoms with Gasteiger partial charge in [-0.1, -0.05) is 115 Å². The van der Waals surface area contributed by atoms with Crippen molar-refractivity contribution in [2.75, 3.05) is 0 Å². The Hall–Kier alpha value is -4.92. The van der Waals surface area contributed by atoms with Gasteiger partial charge in [-0.15, -0.1) is 11.3 Å². The molecular weight excluding hydrogens is 504 g/mol. The van der Waals surface area contributed by atoms with Crippen LogP contribution in [0.5, 0.6) is 11.5 Å². The van der Waals surface area contributed by atoms with E-state index in [1.54, 1.807) is 0 Å². The van der Waals surface area contributed by atoms with E-state index in [9.17, 15) is 0 Å². The maximum atomic E-state index is 6.29. The molecule has 7 aromatic rings. The number of hydrogen-bond acceptors (Lipinski definition) is 2. The molecule has 0 N–H and O–H groups in total. The smallest absolute Gasteiger partial charge is 0.135 e. The van der Waals surface area contributed by atoms with Crippen LogP contribution in [-0.2, 0) is 0 Å². The van der Waals surface area contributed by atoms with Crippen LogP contribution in [0.1, 0.15) is 0 Å². The van der Waals surface area contributed by atoms with E-state index in [-0.39, 0.29) is 0 Å². The van der Waals surface area contributed by atoms with Crippen LogP contribution in [0.3, 0.4) is 0 Å². The molecule has 0 aliphatic carbocycles. The Morgan fingerprint density at radius 1 is 0.350 bits per heavy atom. The summed E-state index contributed by atoms with van der Waals surface area (Å²) in [5.74, 6) is 1.85. The zero-order valence-corrected chi connectivity index (χ0v) is 22.5. The topological polar surface area (TPSA) is 9.23 Å². The highest BCUT2D eigenvalue weighted by Gasteiger charge is 2.21. The van der Waals surface area contributed by atoms with Gasteiger partial charge in [0, 0.05) is 20.7 Å². The third kappa shape index (κ3) is 3.85. The van der Waals surface area contributed by atoms with Crippen molar-refractivity contribution in [3.8, 4) is 65.8 Å². The first kappa shape index (κ1) is 23.0. The fraction of sp³-hybridized carbons (Fsp3) is 0. The van der Waals surface area contributed by atoms with Crippen molar-refractivity contribution in [1.29, 1.82) is 0 Å². The van der Waals surface area contributed by atoms with Gasteiger partial charge in [-0.05, 0) is 74.7 Å². The zero-order valence-electron chi connectivity index (χ0n) is 21.7. The fourth-order valence-corrected chi connectivity index (χ4v) is 6.80. The number of hydrogen-bond donors (Lipinski definition) is 0. The van der Waals surface area contributed by atoms with Crippen molar-refractivity contribution in [1.82, 2.24) is 0 Å². The number of benzene rings is 6. The Labute approximate surface area is 237 Å². The van der Waals surface area contributed by atoms with Gasteiger partial charge in [-0.3, -0.25) is 0 Å². The summed E-state index contributed by atoms with van der Waals surface area (Å²) in [7, 11) is 0. The largest absolute Gasteiger partial charge is 0.456 e. The highest BCUT2D eigenvalue weighted by atomic mass is 32.1. The maximum absolute atomic E-state index is 6.29. The van der Waals surface area contributed by atoms with Crippen molar-refractivity contribution in [2.24, 2.45) is 0 Å². The molecule has 0 spiro atoms. The molecule has 1 aliphatic heterocycles. The van der Waals surface area contributed by atoms with E-state index < -0.39 is 0 Å². The summed E-state index contributed by atoms with van der Waals surface area (Å²) in [6.07, 6.45) is 0. The standard InChI is InChI=1S/C38H24OS/c1-2-7-25(8-3-1)26-13-15-27(16-14-26)28-17-19-29(20-18-28)36-23-24-37(40-36)31-21-22-35-38-32(10-6-11-33(31)38)30-9-4-5-12-34(30)39-35/h1-24H. The molecule has 0 unspecified atom stereocenters. The van der Waals surface area contributed by atoms with Gasteiger partial charge in [-0.25, -0.2) is 0 Å². The van der Waals surface area contributed by atoms with Crippen molar-refractivity contribution in [3.63, 3.8) is 0 Å². The quantitative estimate of drug-likeness (QED) is 0.221. The lowest BCUT2D eigenvalue weighted by Crippen LogP contribution is -1.97. The van der Waals surface area contributed by atoms with Crippen LogP contribution in [0.25, 0.3) is 65.0 Å². The summed E-state index contributed by atoms with van der Waals surface area (Å²) in [5, 5.41) is 2.42. The lowest BCUT2D eigenvalue weighted by atomic mass is 9.92. The minimum absolute atomic E-state index is 0.921. The molecule has 0 fully saturated rings. The number of rotatable bonds is 4. The molecule has 0 atom stereocenters. The minimum Gasteiger partial charge on any atom is -0.456 e. The Morgan fingerprint density at radius 3 is 1.70 bits per heavy atom. The molecule has 0 saturated heterocycles. The molecule has 1 aromatic heterocycles. The number of fused-ring (bicyclic) bond motifs is 2. The Kier molecular flexibility index (Phi) is 5.39. The highest BCUT2D eigenvalue weighted by Crippen LogP contribution is 2.49. The number of para-hydroxylation sites is 1. The molecule has 8 rings (SSSR count). The molecule has 0 bridgehead atoms. The molecule has 0 radical (unpaired) electrons. The number of thiophene rings is 1. The van der Waals surface area contributed by atoms with E-state index in [0.717, 1.165) is 17.1 Å². The van der Waals surface area contributed by atoms with Crippen LogP contribution in [0, 0.1) is 0 Å². The van der Waals surface area contributed by atoms with Gasteiger partial charge < -0.3 is 4.74 Å². The second-order valence-corrected chi connectivity index (χ2v) is 11.2. The first-order valence-electron chi connectivity index (χ1n) is 13.5. The predicted octanol–water partition coefficient (Wildman–Crippen LogP) is 11.3.